The van der Waals surface area contributed by atoms with E-state index in [-0.39, 0.29) is 28.3 Å². The lowest BCUT2D eigenvalue weighted by Gasteiger charge is -2.24. The summed E-state index contributed by atoms with van der Waals surface area (Å²) in [7, 11) is -4.37. The molecular formula is C32H27NO6S. The van der Waals surface area contributed by atoms with Crippen molar-refractivity contribution in [3.63, 3.8) is 0 Å². The van der Waals surface area contributed by atoms with E-state index in [1.54, 1.807) is 81.4 Å². The summed E-state index contributed by atoms with van der Waals surface area (Å²) >= 11 is 0. The van der Waals surface area contributed by atoms with Crippen LogP contribution in [-0.2, 0) is 14.8 Å². The fraction of sp³-hybridized carbons (Fsp3) is 0.125. The Bertz CT molecular complexity index is 1830. The van der Waals surface area contributed by atoms with Gasteiger partial charge in [0.15, 0.2) is 0 Å². The second-order valence-corrected chi connectivity index (χ2v) is 11.0. The largest absolute Gasteiger partial charge is 0.462 e. The smallest absolute Gasteiger partial charge is 0.342 e. The average molecular weight is 554 g/mol. The number of benzene rings is 4. The molecule has 1 amide bonds. The van der Waals surface area contributed by atoms with Gasteiger partial charge in [-0.1, -0.05) is 60.7 Å². The SMILES string of the molecule is CCOC(=O)c1c(-c2ccccc2)oc2ccc(N(C(=O)c3ccccc3)S(=O)(=O)c3cc(C)ccc3C)cc12. The molecule has 8 heteroatoms. The summed E-state index contributed by atoms with van der Waals surface area (Å²) in [5, 5.41) is 0.330. The van der Waals surface area contributed by atoms with E-state index in [0.29, 0.717) is 27.9 Å². The number of furan rings is 1. The number of amides is 1. The molecule has 0 saturated heterocycles. The number of aryl methyl sites for hydroxylation is 2. The quantitative estimate of drug-likeness (QED) is 0.203. The molecule has 0 fully saturated rings. The van der Waals surface area contributed by atoms with Crippen molar-refractivity contribution in [2.45, 2.75) is 25.7 Å². The molecule has 4 aromatic carbocycles. The summed E-state index contributed by atoms with van der Waals surface area (Å²) in [6, 6.07) is 26.9. The molecule has 0 aliphatic carbocycles. The van der Waals surface area contributed by atoms with Crippen molar-refractivity contribution < 1.29 is 27.2 Å². The van der Waals surface area contributed by atoms with Crippen molar-refractivity contribution in [2.75, 3.05) is 10.9 Å². The number of nitrogens with zero attached hydrogens (tertiary/aromatic N) is 1. The van der Waals surface area contributed by atoms with Crippen molar-refractivity contribution in [1.82, 2.24) is 0 Å². The third-order valence-electron chi connectivity index (χ3n) is 6.49. The van der Waals surface area contributed by atoms with Gasteiger partial charge in [0.25, 0.3) is 15.9 Å². The van der Waals surface area contributed by atoms with E-state index in [9.17, 15) is 18.0 Å². The third kappa shape index (κ3) is 4.89. The Morgan fingerprint density at radius 1 is 0.850 bits per heavy atom. The zero-order valence-electron chi connectivity index (χ0n) is 22.2. The first-order valence-corrected chi connectivity index (χ1v) is 14.2. The summed E-state index contributed by atoms with van der Waals surface area (Å²) in [4.78, 5) is 27.1. The van der Waals surface area contributed by atoms with Crippen molar-refractivity contribution in [3.8, 4) is 11.3 Å². The lowest BCUT2D eigenvalue weighted by Crippen LogP contribution is -2.37. The van der Waals surface area contributed by atoms with Gasteiger partial charge >= 0.3 is 5.97 Å². The molecule has 7 nitrogen and oxygen atoms in total. The van der Waals surface area contributed by atoms with Gasteiger partial charge < -0.3 is 9.15 Å². The number of esters is 1. The molecule has 1 aromatic heterocycles. The van der Waals surface area contributed by atoms with Crippen molar-refractivity contribution in [2.24, 2.45) is 0 Å². The van der Waals surface area contributed by atoms with Crippen molar-refractivity contribution >= 4 is 38.6 Å². The predicted octanol–water partition coefficient (Wildman–Crippen LogP) is 6.93. The second kappa shape index (κ2) is 10.8. The van der Waals surface area contributed by atoms with E-state index in [1.807, 2.05) is 24.3 Å². The van der Waals surface area contributed by atoms with Crippen LogP contribution in [0, 0.1) is 13.8 Å². The highest BCUT2D eigenvalue weighted by Crippen LogP contribution is 2.38. The molecule has 0 bridgehead atoms. The van der Waals surface area contributed by atoms with E-state index < -0.39 is 21.9 Å². The predicted molar refractivity (Wildman–Crippen MR) is 154 cm³/mol. The van der Waals surface area contributed by atoms with E-state index in [1.165, 1.54) is 12.1 Å². The minimum Gasteiger partial charge on any atom is -0.462 e. The minimum absolute atomic E-state index is 0.0136. The summed E-state index contributed by atoms with van der Waals surface area (Å²) in [6.45, 7) is 5.31. The van der Waals surface area contributed by atoms with Gasteiger partial charge in [-0.25, -0.2) is 13.2 Å². The topological polar surface area (TPSA) is 93.9 Å². The minimum atomic E-state index is -4.37. The molecule has 0 aliphatic heterocycles. The zero-order chi connectivity index (χ0) is 28.4. The number of carbonyl (C=O) groups excluding carboxylic acids is 2. The monoisotopic (exact) mass is 553 g/mol. The number of ether oxygens (including phenoxy) is 1. The summed E-state index contributed by atoms with van der Waals surface area (Å²) in [5.74, 6) is -1.05. The third-order valence-corrected chi connectivity index (χ3v) is 8.34. The molecule has 5 rings (SSSR count). The normalized spacial score (nSPS) is 11.4. The zero-order valence-corrected chi connectivity index (χ0v) is 23.1. The highest BCUT2D eigenvalue weighted by Gasteiger charge is 2.34. The maximum absolute atomic E-state index is 14.2. The molecule has 0 spiro atoms. The van der Waals surface area contributed by atoms with Crippen LogP contribution in [0.3, 0.4) is 0 Å². The molecule has 5 aromatic rings. The Morgan fingerprint density at radius 2 is 1.52 bits per heavy atom. The number of sulfonamides is 1. The molecule has 202 valence electrons. The van der Waals surface area contributed by atoms with Crippen LogP contribution >= 0.6 is 0 Å². The lowest BCUT2D eigenvalue weighted by atomic mass is 10.1. The van der Waals surface area contributed by atoms with Gasteiger partial charge in [0.05, 0.1) is 17.2 Å². The fourth-order valence-corrected chi connectivity index (χ4v) is 6.28. The Balaban J connectivity index is 1.77. The Kier molecular flexibility index (Phi) is 7.28. The van der Waals surface area contributed by atoms with Gasteiger partial charge in [-0.05, 0) is 68.3 Å². The van der Waals surface area contributed by atoms with Crippen LogP contribution in [0.1, 0.15) is 38.8 Å². The Labute approximate surface area is 232 Å². The molecular weight excluding hydrogens is 526 g/mol. The van der Waals surface area contributed by atoms with Crippen LogP contribution in [-0.4, -0.2) is 26.9 Å². The molecule has 1 heterocycles. The van der Waals surface area contributed by atoms with Gasteiger partial charge in [0.2, 0.25) is 0 Å². The number of hydrogen-bond acceptors (Lipinski definition) is 6. The van der Waals surface area contributed by atoms with Gasteiger partial charge in [0.1, 0.15) is 16.9 Å². The number of anilines is 1. The molecule has 0 N–H and O–H groups in total. The maximum Gasteiger partial charge on any atom is 0.342 e. The number of hydrogen-bond donors (Lipinski definition) is 0. The molecule has 0 saturated carbocycles. The van der Waals surface area contributed by atoms with E-state index >= 15 is 0 Å². The first kappa shape index (κ1) is 26.9. The molecule has 40 heavy (non-hydrogen) atoms. The van der Waals surface area contributed by atoms with E-state index in [0.717, 1.165) is 9.87 Å². The standard InChI is InChI=1S/C32H27NO6S/c1-4-38-32(35)29-26-20-25(17-18-27(26)39-30(29)23-11-7-5-8-12-23)33(31(34)24-13-9-6-10-14-24)40(36,37)28-19-21(2)15-16-22(28)3/h5-20H,4H2,1-3H3. The molecule has 0 unspecified atom stereocenters. The summed E-state index contributed by atoms with van der Waals surface area (Å²) in [5.41, 5.74) is 2.65. The van der Waals surface area contributed by atoms with Crippen LogP contribution in [0.5, 0.6) is 0 Å². The first-order valence-electron chi connectivity index (χ1n) is 12.7. The lowest BCUT2D eigenvalue weighted by molar-refractivity contribution is 0.0528. The van der Waals surface area contributed by atoms with Crippen molar-refractivity contribution in [3.05, 3.63) is 119 Å². The Hall–Kier alpha value is -4.69. The van der Waals surface area contributed by atoms with Gasteiger partial charge in [-0.3, -0.25) is 4.79 Å². The van der Waals surface area contributed by atoms with Crippen LogP contribution in [0.4, 0.5) is 5.69 Å². The fourth-order valence-electron chi connectivity index (χ4n) is 4.56. The summed E-state index contributed by atoms with van der Waals surface area (Å²) < 4.78 is 40.6. The molecule has 0 radical (unpaired) electrons. The first-order chi connectivity index (χ1) is 19.2. The van der Waals surface area contributed by atoms with Crippen LogP contribution in [0.2, 0.25) is 0 Å². The van der Waals surface area contributed by atoms with E-state index in [2.05, 4.69) is 0 Å². The van der Waals surface area contributed by atoms with Gasteiger partial charge in [-0.2, -0.15) is 4.31 Å². The summed E-state index contributed by atoms with van der Waals surface area (Å²) in [6.07, 6.45) is 0. The highest BCUT2D eigenvalue weighted by atomic mass is 32.2. The second-order valence-electron chi connectivity index (χ2n) is 9.28. The van der Waals surface area contributed by atoms with Crippen molar-refractivity contribution in [1.29, 1.82) is 0 Å². The van der Waals surface area contributed by atoms with Crippen LogP contribution in [0.15, 0.2) is 106 Å². The Morgan fingerprint density at radius 3 is 2.20 bits per heavy atom. The van der Waals surface area contributed by atoms with Gasteiger partial charge in [0, 0.05) is 16.5 Å². The number of rotatable bonds is 7. The average Bonchev–Trinajstić information content (AvgIpc) is 3.34. The van der Waals surface area contributed by atoms with Gasteiger partial charge in [-0.15, -0.1) is 0 Å². The highest BCUT2D eigenvalue weighted by molar-refractivity contribution is 7.93. The van der Waals surface area contributed by atoms with Crippen LogP contribution in [0.25, 0.3) is 22.3 Å². The molecule has 0 atom stereocenters. The van der Waals surface area contributed by atoms with E-state index in [4.69, 9.17) is 9.15 Å². The van der Waals surface area contributed by atoms with Crippen LogP contribution < -0.4 is 4.31 Å². The number of carbonyl (C=O) groups is 2. The maximum atomic E-state index is 14.2. The molecule has 0 aliphatic rings. The number of fused-ring (bicyclic) bond motifs is 1.